The van der Waals surface area contributed by atoms with Gasteiger partial charge in [-0.2, -0.15) is 5.48 Å². The molecule has 0 aromatic rings. The standard InChI is InChI=1S/C6H10ClNO/c1-2-6-9-8-5-3-4-7/h2-4,8H,1,5-6H2/b4-3+. The molecule has 0 rings (SSSR count). The Balaban J connectivity index is 2.82. The maximum atomic E-state index is 5.22. The van der Waals surface area contributed by atoms with Crippen molar-refractivity contribution in [2.45, 2.75) is 0 Å². The van der Waals surface area contributed by atoms with E-state index in [1.165, 1.54) is 5.54 Å². The number of hydrogen-bond acceptors (Lipinski definition) is 2. The molecule has 0 spiro atoms. The molecule has 0 bridgehead atoms. The molecule has 0 aliphatic heterocycles. The van der Waals surface area contributed by atoms with Gasteiger partial charge in [0.25, 0.3) is 0 Å². The molecule has 0 fully saturated rings. The predicted octanol–water partition coefficient (Wildman–Crippen LogP) is 1.45. The van der Waals surface area contributed by atoms with Gasteiger partial charge in [0.15, 0.2) is 0 Å². The highest BCUT2D eigenvalue weighted by Crippen LogP contribution is 1.75. The van der Waals surface area contributed by atoms with Gasteiger partial charge in [0, 0.05) is 12.1 Å². The van der Waals surface area contributed by atoms with Gasteiger partial charge in [-0.05, 0) is 0 Å². The largest absolute Gasteiger partial charge is 0.297 e. The first-order chi connectivity index (χ1) is 4.41. The van der Waals surface area contributed by atoms with E-state index in [0.29, 0.717) is 13.2 Å². The van der Waals surface area contributed by atoms with Crippen LogP contribution in [0.5, 0.6) is 0 Å². The fraction of sp³-hybridized carbons (Fsp3) is 0.333. The molecule has 0 aromatic heterocycles. The van der Waals surface area contributed by atoms with Crippen LogP contribution in [0.2, 0.25) is 0 Å². The summed E-state index contributed by atoms with van der Waals surface area (Å²) in [5, 5.41) is 0. The molecular weight excluding hydrogens is 138 g/mol. The first-order valence-electron chi connectivity index (χ1n) is 2.62. The van der Waals surface area contributed by atoms with Gasteiger partial charge in [-0.1, -0.05) is 23.8 Å². The maximum Gasteiger partial charge on any atom is 0.0861 e. The van der Waals surface area contributed by atoms with Crippen LogP contribution in [0.3, 0.4) is 0 Å². The van der Waals surface area contributed by atoms with Gasteiger partial charge in [-0.15, -0.1) is 6.58 Å². The van der Waals surface area contributed by atoms with E-state index in [-0.39, 0.29) is 0 Å². The minimum absolute atomic E-state index is 0.510. The lowest BCUT2D eigenvalue weighted by atomic mass is 10.7. The zero-order valence-corrected chi connectivity index (χ0v) is 5.90. The van der Waals surface area contributed by atoms with Gasteiger partial charge >= 0.3 is 0 Å². The Morgan fingerprint density at radius 3 is 3.00 bits per heavy atom. The highest BCUT2D eigenvalue weighted by Gasteiger charge is 1.75. The third-order valence-electron chi connectivity index (χ3n) is 0.594. The number of nitrogens with one attached hydrogen (secondary N) is 1. The highest BCUT2D eigenvalue weighted by molar-refractivity contribution is 6.25. The van der Waals surface area contributed by atoms with Crippen molar-refractivity contribution >= 4 is 11.6 Å². The van der Waals surface area contributed by atoms with Gasteiger partial charge in [0.1, 0.15) is 0 Å². The van der Waals surface area contributed by atoms with Crippen LogP contribution in [-0.4, -0.2) is 13.2 Å². The molecule has 0 saturated carbocycles. The van der Waals surface area contributed by atoms with Crippen LogP contribution in [0, 0.1) is 0 Å². The van der Waals surface area contributed by atoms with Gasteiger partial charge in [-0.3, -0.25) is 4.84 Å². The molecule has 0 radical (unpaired) electrons. The molecule has 9 heavy (non-hydrogen) atoms. The van der Waals surface area contributed by atoms with Crippen LogP contribution >= 0.6 is 11.6 Å². The summed E-state index contributed by atoms with van der Waals surface area (Å²) in [4.78, 5) is 4.81. The van der Waals surface area contributed by atoms with Crippen LogP contribution in [0.1, 0.15) is 0 Å². The van der Waals surface area contributed by atoms with Crippen molar-refractivity contribution in [3.8, 4) is 0 Å². The summed E-state index contributed by atoms with van der Waals surface area (Å²) in [6, 6.07) is 0. The highest BCUT2D eigenvalue weighted by atomic mass is 35.5. The monoisotopic (exact) mass is 147 g/mol. The zero-order valence-electron chi connectivity index (χ0n) is 5.14. The Bertz CT molecular complexity index is 93.1. The van der Waals surface area contributed by atoms with Crippen molar-refractivity contribution in [3.05, 3.63) is 24.3 Å². The Morgan fingerprint density at radius 1 is 1.67 bits per heavy atom. The van der Waals surface area contributed by atoms with E-state index >= 15 is 0 Å². The third-order valence-corrected chi connectivity index (χ3v) is 0.772. The summed E-state index contributed by atoms with van der Waals surface area (Å²) in [5.74, 6) is 0. The lowest BCUT2D eigenvalue weighted by Gasteiger charge is -1.96. The summed E-state index contributed by atoms with van der Waals surface area (Å²) >= 11 is 5.22. The molecule has 0 amide bonds. The molecule has 52 valence electrons. The number of rotatable bonds is 5. The minimum Gasteiger partial charge on any atom is -0.297 e. The average Bonchev–Trinajstić information content (AvgIpc) is 1.89. The molecule has 0 aliphatic rings. The summed E-state index contributed by atoms with van der Waals surface area (Å²) in [6.07, 6.45) is 3.40. The second-order valence-electron chi connectivity index (χ2n) is 1.31. The van der Waals surface area contributed by atoms with Crippen molar-refractivity contribution < 1.29 is 4.84 Å². The minimum atomic E-state index is 0.510. The van der Waals surface area contributed by atoms with Gasteiger partial charge < -0.3 is 0 Å². The molecule has 0 atom stereocenters. The van der Waals surface area contributed by atoms with E-state index in [9.17, 15) is 0 Å². The Kier molecular flexibility index (Phi) is 7.43. The van der Waals surface area contributed by atoms with Crippen LogP contribution < -0.4 is 5.48 Å². The van der Waals surface area contributed by atoms with E-state index in [4.69, 9.17) is 16.4 Å². The fourth-order valence-electron chi connectivity index (χ4n) is 0.269. The van der Waals surface area contributed by atoms with Crippen molar-refractivity contribution in [2.75, 3.05) is 13.2 Å². The first kappa shape index (κ1) is 8.69. The van der Waals surface area contributed by atoms with Gasteiger partial charge in [0.2, 0.25) is 0 Å². The average molecular weight is 148 g/mol. The Morgan fingerprint density at radius 2 is 2.44 bits per heavy atom. The summed E-state index contributed by atoms with van der Waals surface area (Å²) in [6.45, 7) is 4.60. The molecule has 0 saturated heterocycles. The van der Waals surface area contributed by atoms with E-state index < -0.39 is 0 Å². The topological polar surface area (TPSA) is 21.3 Å². The Labute approximate surface area is 60.1 Å². The Hall–Kier alpha value is -0.310. The number of hydroxylamine groups is 1. The number of halogens is 1. The summed E-state index contributed by atoms with van der Waals surface area (Å²) in [5.41, 5.74) is 4.08. The van der Waals surface area contributed by atoms with Crippen molar-refractivity contribution in [1.29, 1.82) is 0 Å². The molecule has 0 heterocycles. The van der Waals surface area contributed by atoms with E-state index in [2.05, 4.69) is 12.1 Å². The smallest absolute Gasteiger partial charge is 0.0861 e. The van der Waals surface area contributed by atoms with Crippen molar-refractivity contribution in [3.63, 3.8) is 0 Å². The molecule has 0 aromatic carbocycles. The molecular formula is C6H10ClNO. The predicted molar refractivity (Wildman–Crippen MR) is 39.1 cm³/mol. The quantitative estimate of drug-likeness (QED) is 0.361. The van der Waals surface area contributed by atoms with Crippen LogP contribution in [-0.2, 0) is 4.84 Å². The molecule has 0 aliphatic carbocycles. The first-order valence-corrected chi connectivity index (χ1v) is 3.06. The second-order valence-corrected chi connectivity index (χ2v) is 1.56. The molecule has 0 unspecified atom stereocenters. The summed E-state index contributed by atoms with van der Waals surface area (Å²) < 4.78 is 0. The lowest BCUT2D eigenvalue weighted by molar-refractivity contribution is 0.0709. The lowest BCUT2D eigenvalue weighted by Crippen LogP contribution is -2.13. The van der Waals surface area contributed by atoms with Crippen LogP contribution in [0.4, 0.5) is 0 Å². The second kappa shape index (κ2) is 7.69. The van der Waals surface area contributed by atoms with Gasteiger partial charge in [0.05, 0.1) is 6.61 Å². The van der Waals surface area contributed by atoms with Crippen molar-refractivity contribution in [1.82, 2.24) is 5.48 Å². The molecule has 1 N–H and O–H groups in total. The molecule has 2 nitrogen and oxygen atoms in total. The molecule has 3 heteroatoms. The fourth-order valence-corrected chi connectivity index (χ4v) is 0.359. The SMILES string of the molecule is C=CCONC/C=C/Cl. The number of hydrogen-bond donors (Lipinski definition) is 1. The van der Waals surface area contributed by atoms with Crippen LogP contribution in [0.25, 0.3) is 0 Å². The van der Waals surface area contributed by atoms with E-state index in [1.54, 1.807) is 12.2 Å². The van der Waals surface area contributed by atoms with Crippen LogP contribution in [0.15, 0.2) is 24.3 Å². The zero-order chi connectivity index (χ0) is 6.95. The third kappa shape index (κ3) is 7.69. The van der Waals surface area contributed by atoms with E-state index in [1.807, 2.05) is 0 Å². The van der Waals surface area contributed by atoms with E-state index in [0.717, 1.165) is 0 Å². The van der Waals surface area contributed by atoms with Crippen molar-refractivity contribution in [2.24, 2.45) is 0 Å². The van der Waals surface area contributed by atoms with Gasteiger partial charge in [-0.25, -0.2) is 0 Å². The summed E-state index contributed by atoms with van der Waals surface area (Å²) in [7, 11) is 0. The maximum absolute atomic E-state index is 5.22. The normalized spacial score (nSPS) is 10.3.